The van der Waals surface area contributed by atoms with Crippen LogP contribution in [0.1, 0.15) is 38.3 Å². The van der Waals surface area contributed by atoms with E-state index in [1.54, 1.807) is 0 Å². The summed E-state index contributed by atoms with van der Waals surface area (Å²) in [6.07, 6.45) is 1.30. The Hall–Kier alpha value is -1.02. The molecule has 0 atom stereocenters. The van der Waals surface area contributed by atoms with Crippen molar-refractivity contribution in [3.05, 3.63) is 29.3 Å². The summed E-state index contributed by atoms with van der Waals surface area (Å²) in [6.45, 7) is 13.5. The smallest absolute Gasteiger partial charge is 0.0369 e. The molecule has 0 unspecified atom stereocenters. The van der Waals surface area contributed by atoms with Gasteiger partial charge < -0.3 is 10.2 Å². The fraction of sp³-hybridized carbons (Fsp3) is 0.625. The Labute approximate surface area is 111 Å². The molecule has 0 aromatic heterocycles. The Kier molecular flexibility index (Phi) is 3.96. The zero-order chi connectivity index (χ0) is 13.2. The zero-order valence-electron chi connectivity index (χ0n) is 12.2. The first-order chi connectivity index (χ1) is 8.52. The van der Waals surface area contributed by atoms with E-state index in [1.807, 2.05) is 0 Å². The molecule has 1 aliphatic rings. The summed E-state index contributed by atoms with van der Waals surface area (Å²) in [4.78, 5) is 2.52. The normalized spacial score (nSPS) is 18.3. The second-order valence-corrected chi connectivity index (χ2v) is 6.23. The van der Waals surface area contributed by atoms with Gasteiger partial charge in [0, 0.05) is 25.3 Å². The zero-order valence-corrected chi connectivity index (χ0v) is 12.2. The van der Waals surface area contributed by atoms with Crippen molar-refractivity contribution in [1.29, 1.82) is 0 Å². The molecule has 1 aromatic rings. The summed E-state index contributed by atoms with van der Waals surface area (Å²) < 4.78 is 0. The van der Waals surface area contributed by atoms with Crippen LogP contribution in [-0.4, -0.2) is 19.6 Å². The van der Waals surface area contributed by atoms with E-state index in [-0.39, 0.29) is 0 Å². The molecule has 1 aromatic carbocycles. The van der Waals surface area contributed by atoms with Gasteiger partial charge in [0.1, 0.15) is 0 Å². The molecule has 1 saturated heterocycles. The van der Waals surface area contributed by atoms with Crippen molar-refractivity contribution in [3.63, 3.8) is 0 Å². The Bertz CT molecular complexity index is 410. The standard InChI is InChI=1S/C16H26N2/c1-5-17-11-14-6-7-15(10-13(14)2)18-9-8-16(3,4)12-18/h6-7,10,17H,5,8-9,11-12H2,1-4H3. The molecule has 0 aliphatic carbocycles. The third-order valence-electron chi connectivity index (χ3n) is 3.93. The van der Waals surface area contributed by atoms with E-state index in [1.165, 1.54) is 36.3 Å². The lowest BCUT2D eigenvalue weighted by Gasteiger charge is -2.22. The number of nitrogens with one attached hydrogen (secondary N) is 1. The van der Waals surface area contributed by atoms with Crippen LogP contribution in [0.4, 0.5) is 5.69 Å². The lowest BCUT2D eigenvalue weighted by molar-refractivity contribution is 0.418. The molecule has 0 saturated carbocycles. The SMILES string of the molecule is CCNCc1ccc(N2CCC(C)(C)C2)cc1C. The van der Waals surface area contributed by atoms with Gasteiger partial charge in [-0.05, 0) is 48.6 Å². The average Bonchev–Trinajstić information content (AvgIpc) is 2.68. The average molecular weight is 246 g/mol. The van der Waals surface area contributed by atoms with Gasteiger partial charge in [-0.3, -0.25) is 0 Å². The maximum Gasteiger partial charge on any atom is 0.0369 e. The van der Waals surface area contributed by atoms with Crippen LogP contribution < -0.4 is 10.2 Å². The molecule has 2 rings (SSSR count). The minimum Gasteiger partial charge on any atom is -0.371 e. The van der Waals surface area contributed by atoms with Gasteiger partial charge in [-0.2, -0.15) is 0 Å². The summed E-state index contributed by atoms with van der Waals surface area (Å²) in [5.74, 6) is 0. The molecule has 2 heteroatoms. The van der Waals surface area contributed by atoms with Crippen molar-refractivity contribution in [2.75, 3.05) is 24.5 Å². The number of benzene rings is 1. The molecule has 2 nitrogen and oxygen atoms in total. The Morgan fingerprint density at radius 3 is 2.67 bits per heavy atom. The van der Waals surface area contributed by atoms with Crippen molar-refractivity contribution in [1.82, 2.24) is 5.32 Å². The second-order valence-electron chi connectivity index (χ2n) is 6.23. The molecule has 1 aliphatic heterocycles. The third-order valence-corrected chi connectivity index (χ3v) is 3.93. The van der Waals surface area contributed by atoms with Gasteiger partial charge in [-0.1, -0.05) is 26.8 Å². The molecular weight excluding hydrogens is 220 g/mol. The highest BCUT2D eigenvalue weighted by Crippen LogP contribution is 2.33. The Balaban J connectivity index is 2.09. The lowest BCUT2D eigenvalue weighted by Crippen LogP contribution is -2.23. The number of nitrogens with zero attached hydrogens (tertiary/aromatic N) is 1. The van der Waals surface area contributed by atoms with E-state index in [4.69, 9.17) is 0 Å². The highest BCUT2D eigenvalue weighted by Gasteiger charge is 2.29. The van der Waals surface area contributed by atoms with Crippen molar-refractivity contribution >= 4 is 5.69 Å². The maximum atomic E-state index is 3.39. The minimum absolute atomic E-state index is 0.469. The van der Waals surface area contributed by atoms with Crippen LogP contribution in [-0.2, 0) is 6.54 Å². The second kappa shape index (κ2) is 5.31. The van der Waals surface area contributed by atoms with Crippen molar-refractivity contribution in [2.45, 2.75) is 40.7 Å². The number of anilines is 1. The van der Waals surface area contributed by atoms with Gasteiger partial charge in [-0.25, -0.2) is 0 Å². The molecule has 1 fully saturated rings. The summed E-state index contributed by atoms with van der Waals surface area (Å²) >= 11 is 0. The third kappa shape index (κ3) is 3.05. The number of hydrogen-bond acceptors (Lipinski definition) is 2. The van der Waals surface area contributed by atoms with Gasteiger partial charge in [0.15, 0.2) is 0 Å². The van der Waals surface area contributed by atoms with Crippen LogP contribution in [0.5, 0.6) is 0 Å². The van der Waals surface area contributed by atoms with Crippen molar-refractivity contribution in [3.8, 4) is 0 Å². The fourth-order valence-corrected chi connectivity index (χ4v) is 2.67. The van der Waals surface area contributed by atoms with E-state index in [0.29, 0.717) is 5.41 Å². The van der Waals surface area contributed by atoms with Gasteiger partial charge in [-0.15, -0.1) is 0 Å². The molecule has 0 bridgehead atoms. The van der Waals surface area contributed by atoms with Crippen molar-refractivity contribution in [2.24, 2.45) is 5.41 Å². The van der Waals surface area contributed by atoms with E-state index in [0.717, 1.165) is 13.1 Å². The molecule has 18 heavy (non-hydrogen) atoms. The molecule has 0 radical (unpaired) electrons. The van der Waals surface area contributed by atoms with E-state index in [9.17, 15) is 0 Å². The topological polar surface area (TPSA) is 15.3 Å². The van der Waals surface area contributed by atoms with Gasteiger partial charge >= 0.3 is 0 Å². The van der Waals surface area contributed by atoms with Crippen LogP contribution >= 0.6 is 0 Å². The van der Waals surface area contributed by atoms with Crippen LogP contribution in [0.3, 0.4) is 0 Å². The van der Waals surface area contributed by atoms with E-state index in [2.05, 4.69) is 56.1 Å². The molecular formula is C16H26N2. The van der Waals surface area contributed by atoms with Crippen LogP contribution in [0.2, 0.25) is 0 Å². The highest BCUT2D eigenvalue weighted by molar-refractivity contribution is 5.51. The number of hydrogen-bond donors (Lipinski definition) is 1. The molecule has 0 spiro atoms. The Morgan fingerprint density at radius 2 is 2.11 bits per heavy atom. The summed E-state index contributed by atoms with van der Waals surface area (Å²) in [5, 5.41) is 3.39. The van der Waals surface area contributed by atoms with E-state index < -0.39 is 0 Å². The van der Waals surface area contributed by atoms with Crippen LogP contribution in [0.15, 0.2) is 18.2 Å². The van der Waals surface area contributed by atoms with Crippen molar-refractivity contribution < 1.29 is 0 Å². The fourth-order valence-electron chi connectivity index (χ4n) is 2.67. The predicted molar refractivity (Wildman–Crippen MR) is 79.2 cm³/mol. The Morgan fingerprint density at radius 1 is 1.33 bits per heavy atom. The summed E-state index contributed by atoms with van der Waals surface area (Å²) in [7, 11) is 0. The van der Waals surface area contributed by atoms with Gasteiger partial charge in [0.25, 0.3) is 0 Å². The first-order valence-electron chi connectivity index (χ1n) is 7.07. The van der Waals surface area contributed by atoms with Crippen LogP contribution in [0, 0.1) is 12.3 Å². The van der Waals surface area contributed by atoms with Crippen LogP contribution in [0.25, 0.3) is 0 Å². The first-order valence-corrected chi connectivity index (χ1v) is 7.07. The highest BCUT2D eigenvalue weighted by atomic mass is 15.2. The summed E-state index contributed by atoms with van der Waals surface area (Å²) in [5.41, 5.74) is 4.67. The minimum atomic E-state index is 0.469. The summed E-state index contributed by atoms with van der Waals surface area (Å²) in [6, 6.07) is 6.90. The predicted octanol–water partition coefficient (Wildman–Crippen LogP) is 3.34. The maximum absolute atomic E-state index is 3.39. The molecule has 0 amide bonds. The molecule has 1 N–H and O–H groups in total. The largest absolute Gasteiger partial charge is 0.371 e. The van der Waals surface area contributed by atoms with E-state index >= 15 is 0 Å². The lowest BCUT2D eigenvalue weighted by atomic mass is 9.93. The number of aryl methyl sites for hydroxylation is 1. The van der Waals surface area contributed by atoms with Gasteiger partial charge in [0.2, 0.25) is 0 Å². The monoisotopic (exact) mass is 246 g/mol. The molecule has 1 heterocycles. The number of rotatable bonds is 4. The quantitative estimate of drug-likeness (QED) is 0.876. The van der Waals surface area contributed by atoms with Gasteiger partial charge in [0.05, 0.1) is 0 Å². The first kappa shape index (κ1) is 13.4. The molecule has 100 valence electrons.